The van der Waals surface area contributed by atoms with Crippen LogP contribution in [0.3, 0.4) is 0 Å². The predicted octanol–water partition coefficient (Wildman–Crippen LogP) is 5.35. The topological polar surface area (TPSA) is 52.6 Å². The maximum absolute atomic E-state index is 12.6. The van der Waals surface area contributed by atoms with Crippen LogP contribution in [0.5, 0.6) is 11.5 Å². The Morgan fingerprint density at radius 3 is 2.57 bits per heavy atom. The molecule has 0 aromatic heterocycles. The van der Waals surface area contributed by atoms with Crippen molar-refractivity contribution in [2.24, 2.45) is 5.92 Å². The molecule has 0 N–H and O–H groups in total. The molecule has 0 saturated heterocycles. The van der Waals surface area contributed by atoms with Gasteiger partial charge in [-0.25, -0.2) is 0 Å². The highest BCUT2D eigenvalue weighted by atomic mass is 16.5. The molecule has 28 heavy (non-hydrogen) atoms. The lowest BCUT2D eigenvalue weighted by atomic mass is 9.89. The zero-order valence-corrected chi connectivity index (χ0v) is 16.1. The third kappa shape index (κ3) is 3.86. The number of rotatable bonds is 4. The van der Waals surface area contributed by atoms with Crippen LogP contribution < -0.4 is 9.47 Å². The van der Waals surface area contributed by atoms with Crippen LogP contribution in [0, 0.1) is 5.92 Å². The highest BCUT2D eigenvalue weighted by Gasteiger charge is 2.29. The molecule has 4 rings (SSSR count). The van der Waals surface area contributed by atoms with E-state index in [1.807, 2.05) is 24.3 Å². The first kappa shape index (κ1) is 18.5. The number of Topliss-reactive ketones (excluding diaryl/α,β-unsaturated/α-hetero) is 1. The summed E-state index contributed by atoms with van der Waals surface area (Å²) in [5.74, 6) is 0.794. The Balaban J connectivity index is 1.49. The molecule has 0 atom stereocenters. The van der Waals surface area contributed by atoms with Gasteiger partial charge in [0.25, 0.3) is 0 Å². The molecule has 144 valence electrons. The molecule has 4 heteroatoms. The number of carbonyl (C=O) groups is 2. The summed E-state index contributed by atoms with van der Waals surface area (Å²) in [5.41, 5.74) is 2.65. The average molecular weight is 376 g/mol. The molecule has 0 bridgehead atoms. The monoisotopic (exact) mass is 376 g/mol. The second-order valence-electron chi connectivity index (χ2n) is 7.45. The van der Waals surface area contributed by atoms with Gasteiger partial charge in [-0.1, -0.05) is 50.5 Å². The second-order valence-corrected chi connectivity index (χ2v) is 7.45. The van der Waals surface area contributed by atoms with Gasteiger partial charge in [0.2, 0.25) is 5.78 Å². The minimum absolute atomic E-state index is 0.0221. The lowest BCUT2D eigenvalue weighted by Gasteiger charge is -2.19. The van der Waals surface area contributed by atoms with Crippen LogP contribution in [-0.4, -0.2) is 11.8 Å². The number of hydrogen-bond acceptors (Lipinski definition) is 4. The molecular formula is C24H24O4. The van der Waals surface area contributed by atoms with Crippen molar-refractivity contribution in [2.45, 2.75) is 45.4 Å². The SMILES string of the molecule is CCc1ccc(/C=C2/Oc3cc(OC(=O)C4CCCCC4)ccc3C2=O)cc1. The number of esters is 1. The van der Waals surface area contributed by atoms with Crippen LogP contribution in [-0.2, 0) is 11.2 Å². The van der Waals surface area contributed by atoms with E-state index in [0.717, 1.165) is 37.7 Å². The fourth-order valence-corrected chi connectivity index (χ4v) is 3.77. The lowest BCUT2D eigenvalue weighted by Crippen LogP contribution is -2.22. The summed E-state index contributed by atoms with van der Waals surface area (Å²) in [5, 5.41) is 0. The zero-order valence-electron chi connectivity index (χ0n) is 16.1. The second kappa shape index (κ2) is 8.01. The van der Waals surface area contributed by atoms with Crippen LogP contribution in [0.1, 0.15) is 60.5 Å². The third-order valence-electron chi connectivity index (χ3n) is 5.48. The summed E-state index contributed by atoms with van der Waals surface area (Å²) in [6.45, 7) is 2.10. The van der Waals surface area contributed by atoms with Crippen LogP contribution in [0.2, 0.25) is 0 Å². The van der Waals surface area contributed by atoms with E-state index < -0.39 is 0 Å². The van der Waals surface area contributed by atoms with Gasteiger partial charge in [-0.2, -0.15) is 0 Å². The minimum Gasteiger partial charge on any atom is -0.452 e. The Bertz CT molecular complexity index is 918. The number of hydrogen-bond donors (Lipinski definition) is 0. The summed E-state index contributed by atoms with van der Waals surface area (Å²) in [4.78, 5) is 25.0. The first-order valence-electron chi connectivity index (χ1n) is 10.0. The fraction of sp³-hybridized carbons (Fsp3) is 0.333. The number of benzene rings is 2. The van der Waals surface area contributed by atoms with Gasteiger partial charge in [0.05, 0.1) is 11.5 Å². The Morgan fingerprint density at radius 1 is 1.11 bits per heavy atom. The van der Waals surface area contributed by atoms with E-state index in [2.05, 4.69) is 6.92 Å². The van der Waals surface area contributed by atoms with Crippen molar-refractivity contribution in [3.05, 3.63) is 64.9 Å². The van der Waals surface area contributed by atoms with E-state index in [-0.39, 0.29) is 23.4 Å². The molecule has 1 aliphatic heterocycles. The minimum atomic E-state index is -0.184. The number of fused-ring (bicyclic) bond motifs is 1. The maximum atomic E-state index is 12.6. The quantitative estimate of drug-likeness (QED) is 0.410. The van der Waals surface area contributed by atoms with Crippen molar-refractivity contribution in [1.82, 2.24) is 0 Å². The first-order valence-corrected chi connectivity index (χ1v) is 10.0. The van der Waals surface area contributed by atoms with Gasteiger partial charge in [-0.15, -0.1) is 0 Å². The third-order valence-corrected chi connectivity index (χ3v) is 5.48. The summed E-state index contributed by atoms with van der Waals surface area (Å²) in [6.07, 6.45) is 7.85. The van der Waals surface area contributed by atoms with Crippen molar-refractivity contribution >= 4 is 17.8 Å². The molecular weight excluding hydrogens is 352 g/mol. The Hall–Kier alpha value is -2.88. The molecule has 0 unspecified atom stereocenters. The number of allylic oxidation sites excluding steroid dienone is 1. The highest BCUT2D eigenvalue weighted by molar-refractivity contribution is 6.14. The van der Waals surface area contributed by atoms with Crippen molar-refractivity contribution in [2.75, 3.05) is 0 Å². The van der Waals surface area contributed by atoms with Gasteiger partial charge in [0.15, 0.2) is 5.76 Å². The predicted molar refractivity (Wildman–Crippen MR) is 107 cm³/mol. The Morgan fingerprint density at radius 2 is 1.86 bits per heavy atom. The summed E-state index contributed by atoms with van der Waals surface area (Å²) < 4.78 is 11.3. The van der Waals surface area contributed by atoms with Crippen LogP contribution >= 0.6 is 0 Å². The molecule has 2 aliphatic rings. The van der Waals surface area contributed by atoms with Gasteiger partial charge in [0, 0.05) is 6.07 Å². The van der Waals surface area contributed by atoms with E-state index in [1.54, 1.807) is 24.3 Å². The zero-order chi connectivity index (χ0) is 19.5. The molecule has 4 nitrogen and oxygen atoms in total. The smallest absolute Gasteiger partial charge is 0.314 e. The highest BCUT2D eigenvalue weighted by Crippen LogP contribution is 2.35. The summed E-state index contributed by atoms with van der Waals surface area (Å²) >= 11 is 0. The van der Waals surface area contributed by atoms with Gasteiger partial charge in [0.1, 0.15) is 11.5 Å². The van der Waals surface area contributed by atoms with E-state index in [0.29, 0.717) is 17.1 Å². The normalized spacial score (nSPS) is 18.0. The number of aryl methyl sites for hydroxylation is 1. The van der Waals surface area contributed by atoms with E-state index >= 15 is 0 Å². The van der Waals surface area contributed by atoms with E-state index in [9.17, 15) is 9.59 Å². The molecule has 0 spiro atoms. The molecule has 0 amide bonds. The standard InChI is InChI=1S/C24H24O4/c1-2-16-8-10-17(11-9-16)14-22-23(25)20-13-12-19(15-21(20)28-22)27-24(26)18-6-4-3-5-7-18/h8-15,18H,2-7H2,1H3/b22-14+. The molecule has 1 fully saturated rings. The molecule has 2 aromatic carbocycles. The van der Waals surface area contributed by atoms with Crippen LogP contribution in [0.4, 0.5) is 0 Å². The van der Waals surface area contributed by atoms with Gasteiger partial charge >= 0.3 is 5.97 Å². The summed E-state index contributed by atoms with van der Waals surface area (Å²) in [6, 6.07) is 13.0. The van der Waals surface area contributed by atoms with Crippen LogP contribution in [0.25, 0.3) is 6.08 Å². The van der Waals surface area contributed by atoms with Gasteiger partial charge < -0.3 is 9.47 Å². The number of ketones is 1. The van der Waals surface area contributed by atoms with Gasteiger partial charge in [-0.05, 0) is 48.6 Å². The Labute approximate surface area is 165 Å². The van der Waals surface area contributed by atoms with E-state index in [4.69, 9.17) is 9.47 Å². The van der Waals surface area contributed by atoms with Crippen molar-refractivity contribution in [1.29, 1.82) is 0 Å². The molecule has 1 saturated carbocycles. The molecule has 0 radical (unpaired) electrons. The largest absolute Gasteiger partial charge is 0.452 e. The molecule has 1 heterocycles. The Kier molecular flexibility index (Phi) is 5.29. The maximum Gasteiger partial charge on any atom is 0.314 e. The number of ether oxygens (including phenoxy) is 2. The van der Waals surface area contributed by atoms with Crippen molar-refractivity contribution in [3.63, 3.8) is 0 Å². The number of carbonyl (C=O) groups excluding carboxylic acids is 2. The average Bonchev–Trinajstić information content (AvgIpc) is 3.04. The van der Waals surface area contributed by atoms with Gasteiger partial charge in [-0.3, -0.25) is 9.59 Å². The van der Waals surface area contributed by atoms with Crippen molar-refractivity contribution < 1.29 is 19.1 Å². The molecule has 1 aliphatic carbocycles. The summed E-state index contributed by atoms with van der Waals surface area (Å²) in [7, 11) is 0. The molecule has 2 aromatic rings. The van der Waals surface area contributed by atoms with Crippen molar-refractivity contribution in [3.8, 4) is 11.5 Å². The lowest BCUT2D eigenvalue weighted by molar-refractivity contribution is -0.139. The fourth-order valence-electron chi connectivity index (χ4n) is 3.77. The van der Waals surface area contributed by atoms with E-state index in [1.165, 1.54) is 12.0 Å². The van der Waals surface area contributed by atoms with Crippen LogP contribution in [0.15, 0.2) is 48.2 Å². The first-order chi connectivity index (χ1) is 13.6.